The monoisotopic (exact) mass is 367 g/mol. The Morgan fingerprint density at radius 2 is 1.81 bits per heavy atom. The highest BCUT2D eigenvalue weighted by molar-refractivity contribution is 5.89. The fourth-order valence-electron chi connectivity index (χ4n) is 3.03. The molecular weight excluding hydrogens is 349 g/mol. The molecule has 0 radical (unpaired) electrons. The van der Waals surface area contributed by atoms with Gasteiger partial charge in [-0.15, -0.1) is 0 Å². The Morgan fingerprint density at radius 3 is 2.56 bits per heavy atom. The van der Waals surface area contributed by atoms with E-state index in [0.29, 0.717) is 18.7 Å². The van der Waals surface area contributed by atoms with E-state index < -0.39 is 5.82 Å². The molecule has 3 heterocycles. The van der Waals surface area contributed by atoms with Crippen LogP contribution in [0.25, 0.3) is 11.3 Å². The van der Waals surface area contributed by atoms with Crippen LogP contribution in [-0.4, -0.2) is 47.3 Å². The number of amides is 2. The molecule has 4 rings (SSSR count). The van der Waals surface area contributed by atoms with Crippen molar-refractivity contribution < 1.29 is 13.7 Å². The van der Waals surface area contributed by atoms with E-state index in [9.17, 15) is 9.18 Å². The smallest absolute Gasteiger partial charge is 0.323 e. The number of halogens is 1. The van der Waals surface area contributed by atoms with Crippen LogP contribution in [0.15, 0.2) is 59.4 Å². The maximum absolute atomic E-state index is 13.8. The lowest BCUT2D eigenvalue weighted by atomic mass is 10.1. The Hall–Kier alpha value is -3.42. The molecule has 0 bridgehead atoms. The third kappa shape index (κ3) is 3.74. The Morgan fingerprint density at radius 1 is 1.07 bits per heavy atom. The van der Waals surface area contributed by atoms with Gasteiger partial charge < -0.3 is 14.3 Å². The number of nitrogens with zero attached hydrogens (tertiary/aromatic N) is 4. The molecule has 8 heteroatoms. The number of aromatic nitrogens is 2. The zero-order valence-electron chi connectivity index (χ0n) is 14.5. The number of urea groups is 1. The molecule has 1 fully saturated rings. The van der Waals surface area contributed by atoms with Gasteiger partial charge in [0.15, 0.2) is 11.6 Å². The molecular formula is C19H18FN5O2. The van der Waals surface area contributed by atoms with Crippen molar-refractivity contribution in [3.63, 3.8) is 0 Å². The van der Waals surface area contributed by atoms with Gasteiger partial charge in [-0.2, -0.15) is 0 Å². The van der Waals surface area contributed by atoms with Crippen molar-refractivity contribution in [3.05, 3.63) is 60.7 Å². The van der Waals surface area contributed by atoms with Crippen molar-refractivity contribution in [2.24, 2.45) is 0 Å². The summed E-state index contributed by atoms with van der Waals surface area (Å²) in [5.41, 5.74) is 1.40. The second-order valence-electron chi connectivity index (χ2n) is 6.17. The normalized spacial score (nSPS) is 14.3. The molecule has 27 heavy (non-hydrogen) atoms. The minimum absolute atomic E-state index is 0.252. The first-order valence-corrected chi connectivity index (χ1v) is 8.63. The molecule has 0 aliphatic carbocycles. The van der Waals surface area contributed by atoms with E-state index in [-0.39, 0.29) is 17.6 Å². The van der Waals surface area contributed by atoms with Crippen LogP contribution in [0.1, 0.15) is 0 Å². The molecule has 0 unspecified atom stereocenters. The molecule has 1 aliphatic rings. The fraction of sp³-hybridized carbons (Fsp3) is 0.211. The molecule has 7 nitrogen and oxygen atoms in total. The summed E-state index contributed by atoms with van der Waals surface area (Å²) in [4.78, 5) is 20.4. The molecule has 1 aromatic carbocycles. The molecule has 0 saturated carbocycles. The number of anilines is 2. The van der Waals surface area contributed by atoms with Gasteiger partial charge in [0.1, 0.15) is 5.82 Å². The Balaban J connectivity index is 1.36. The highest BCUT2D eigenvalue weighted by Crippen LogP contribution is 2.25. The molecule has 2 amide bonds. The SMILES string of the molecule is O=C(Nc1cc(-c2ccccc2F)on1)N1CCN(c2ccncc2)CC1. The standard InChI is InChI=1S/C19H18FN5O2/c20-16-4-2-1-3-15(16)17-13-18(23-27-17)22-19(26)25-11-9-24(10-12-25)14-5-7-21-8-6-14/h1-8,13H,9-12H2,(H,22,23,26). The van der Waals surface area contributed by atoms with Crippen LogP contribution in [0.3, 0.4) is 0 Å². The molecule has 2 aromatic heterocycles. The predicted octanol–water partition coefficient (Wildman–Crippen LogP) is 3.23. The summed E-state index contributed by atoms with van der Waals surface area (Å²) in [6.45, 7) is 2.64. The number of hydrogen-bond acceptors (Lipinski definition) is 5. The number of carbonyl (C=O) groups is 1. The fourth-order valence-corrected chi connectivity index (χ4v) is 3.03. The van der Waals surface area contributed by atoms with E-state index >= 15 is 0 Å². The summed E-state index contributed by atoms with van der Waals surface area (Å²) in [5.74, 6) is 0.125. The lowest BCUT2D eigenvalue weighted by Crippen LogP contribution is -2.50. The van der Waals surface area contributed by atoms with E-state index in [1.807, 2.05) is 12.1 Å². The first-order chi connectivity index (χ1) is 13.2. The number of carbonyl (C=O) groups excluding carboxylic acids is 1. The van der Waals surface area contributed by atoms with E-state index in [2.05, 4.69) is 20.4 Å². The third-order valence-corrected chi connectivity index (χ3v) is 4.48. The van der Waals surface area contributed by atoms with Crippen molar-refractivity contribution in [2.45, 2.75) is 0 Å². The highest BCUT2D eigenvalue weighted by atomic mass is 19.1. The number of rotatable bonds is 3. The Kier molecular flexibility index (Phi) is 4.69. The maximum Gasteiger partial charge on any atom is 0.323 e. The maximum atomic E-state index is 13.8. The highest BCUT2D eigenvalue weighted by Gasteiger charge is 2.22. The van der Waals surface area contributed by atoms with Crippen LogP contribution in [-0.2, 0) is 0 Å². The van der Waals surface area contributed by atoms with Gasteiger partial charge in [0, 0.05) is 50.3 Å². The average molecular weight is 367 g/mol. The van der Waals surface area contributed by atoms with Crippen molar-refractivity contribution >= 4 is 17.5 Å². The first-order valence-electron chi connectivity index (χ1n) is 8.63. The third-order valence-electron chi connectivity index (χ3n) is 4.48. The lowest BCUT2D eigenvalue weighted by molar-refractivity contribution is 0.208. The number of piperazine rings is 1. The first kappa shape index (κ1) is 17.0. The van der Waals surface area contributed by atoms with E-state index in [0.717, 1.165) is 18.8 Å². The second kappa shape index (κ2) is 7.45. The Bertz CT molecular complexity index is 923. The molecule has 1 aliphatic heterocycles. The van der Waals surface area contributed by atoms with Crippen LogP contribution < -0.4 is 10.2 Å². The van der Waals surface area contributed by atoms with Gasteiger partial charge in [-0.1, -0.05) is 17.3 Å². The molecule has 1 saturated heterocycles. The minimum Gasteiger partial charge on any atom is -0.368 e. The number of hydrogen-bond donors (Lipinski definition) is 1. The van der Waals surface area contributed by atoms with Crippen LogP contribution >= 0.6 is 0 Å². The van der Waals surface area contributed by atoms with Gasteiger partial charge in [0.25, 0.3) is 0 Å². The average Bonchev–Trinajstić information content (AvgIpc) is 3.17. The topological polar surface area (TPSA) is 74.5 Å². The van der Waals surface area contributed by atoms with Crippen molar-refractivity contribution in [2.75, 3.05) is 36.4 Å². The molecule has 138 valence electrons. The molecule has 3 aromatic rings. The van der Waals surface area contributed by atoms with Crippen LogP contribution in [0.4, 0.5) is 20.7 Å². The van der Waals surface area contributed by atoms with E-state index in [4.69, 9.17) is 4.52 Å². The van der Waals surface area contributed by atoms with Gasteiger partial charge in [-0.3, -0.25) is 10.3 Å². The number of nitrogens with one attached hydrogen (secondary N) is 1. The van der Waals surface area contributed by atoms with Gasteiger partial charge in [-0.25, -0.2) is 9.18 Å². The van der Waals surface area contributed by atoms with Crippen LogP contribution in [0.2, 0.25) is 0 Å². The zero-order valence-corrected chi connectivity index (χ0v) is 14.5. The summed E-state index contributed by atoms with van der Waals surface area (Å²) < 4.78 is 19.0. The number of benzene rings is 1. The minimum atomic E-state index is -0.404. The van der Waals surface area contributed by atoms with Gasteiger partial charge in [0.2, 0.25) is 0 Å². The van der Waals surface area contributed by atoms with Crippen LogP contribution in [0, 0.1) is 5.82 Å². The van der Waals surface area contributed by atoms with E-state index in [1.165, 1.54) is 12.1 Å². The quantitative estimate of drug-likeness (QED) is 0.769. The molecule has 1 N–H and O–H groups in total. The summed E-state index contributed by atoms with van der Waals surface area (Å²) in [6.07, 6.45) is 3.51. The van der Waals surface area contributed by atoms with Gasteiger partial charge >= 0.3 is 6.03 Å². The van der Waals surface area contributed by atoms with Gasteiger partial charge in [-0.05, 0) is 24.3 Å². The summed E-state index contributed by atoms with van der Waals surface area (Å²) in [7, 11) is 0. The number of pyridine rings is 1. The Labute approximate surface area is 155 Å². The molecule has 0 spiro atoms. The zero-order chi connectivity index (χ0) is 18.6. The van der Waals surface area contributed by atoms with E-state index in [1.54, 1.807) is 35.5 Å². The van der Waals surface area contributed by atoms with Crippen LogP contribution in [0.5, 0.6) is 0 Å². The largest absolute Gasteiger partial charge is 0.368 e. The van der Waals surface area contributed by atoms with Crippen molar-refractivity contribution in [1.29, 1.82) is 0 Å². The summed E-state index contributed by atoms with van der Waals surface area (Å²) in [5, 5.41) is 6.52. The van der Waals surface area contributed by atoms with Gasteiger partial charge in [0.05, 0.1) is 5.56 Å². The van der Waals surface area contributed by atoms with Crippen molar-refractivity contribution in [3.8, 4) is 11.3 Å². The predicted molar refractivity (Wildman–Crippen MR) is 98.9 cm³/mol. The second-order valence-corrected chi connectivity index (χ2v) is 6.17. The lowest BCUT2D eigenvalue weighted by Gasteiger charge is -2.35. The summed E-state index contributed by atoms with van der Waals surface area (Å²) in [6, 6.07) is 11.4. The summed E-state index contributed by atoms with van der Waals surface area (Å²) >= 11 is 0. The van der Waals surface area contributed by atoms with Crippen molar-refractivity contribution in [1.82, 2.24) is 15.0 Å². The molecule has 0 atom stereocenters.